The first kappa shape index (κ1) is 20.3. The predicted octanol–water partition coefficient (Wildman–Crippen LogP) is 2.31. The fourth-order valence-electron chi connectivity index (χ4n) is 2.21. The molecule has 140 valence electrons. The first-order valence-corrected chi connectivity index (χ1v) is 9.60. The molecule has 0 aliphatic rings. The topological polar surface area (TPSA) is 113 Å². The SMILES string of the molecule is C[C@@H](OC(=O)c1ccc(S(=O)(=O)NCCC#N)cc1)C(=O)c1ccccc1. The molecule has 1 N–H and O–H groups in total. The summed E-state index contributed by atoms with van der Waals surface area (Å²) in [5.41, 5.74) is 0.557. The van der Waals surface area contributed by atoms with Crippen molar-refractivity contribution < 1.29 is 22.7 Å². The van der Waals surface area contributed by atoms with Crippen LogP contribution in [-0.4, -0.2) is 32.8 Å². The second-order valence-electron chi connectivity index (χ2n) is 5.61. The number of rotatable bonds is 8. The number of benzene rings is 2. The number of carbonyl (C=O) groups excluding carboxylic acids is 2. The molecule has 2 aromatic rings. The summed E-state index contributed by atoms with van der Waals surface area (Å²) in [6.45, 7) is 1.48. The Morgan fingerprint density at radius 3 is 2.30 bits per heavy atom. The molecule has 0 aliphatic carbocycles. The Morgan fingerprint density at radius 2 is 1.70 bits per heavy atom. The van der Waals surface area contributed by atoms with Gasteiger partial charge < -0.3 is 4.74 Å². The highest BCUT2D eigenvalue weighted by Gasteiger charge is 2.21. The summed E-state index contributed by atoms with van der Waals surface area (Å²) in [5.74, 6) is -1.06. The van der Waals surface area contributed by atoms with Crippen molar-refractivity contribution >= 4 is 21.8 Å². The highest BCUT2D eigenvalue weighted by Crippen LogP contribution is 2.13. The molecule has 0 unspecified atom stereocenters. The van der Waals surface area contributed by atoms with Gasteiger partial charge in [-0.15, -0.1) is 0 Å². The zero-order valence-corrected chi connectivity index (χ0v) is 15.4. The third kappa shape index (κ3) is 5.48. The lowest BCUT2D eigenvalue weighted by molar-refractivity contribution is 0.0318. The summed E-state index contributed by atoms with van der Waals surface area (Å²) >= 11 is 0. The lowest BCUT2D eigenvalue weighted by Crippen LogP contribution is -2.25. The normalized spacial score (nSPS) is 12.0. The van der Waals surface area contributed by atoms with Crippen molar-refractivity contribution in [1.29, 1.82) is 5.26 Å². The van der Waals surface area contributed by atoms with E-state index in [2.05, 4.69) is 4.72 Å². The van der Waals surface area contributed by atoms with E-state index in [1.165, 1.54) is 31.2 Å². The van der Waals surface area contributed by atoms with Crippen LogP contribution in [0.25, 0.3) is 0 Å². The van der Waals surface area contributed by atoms with Gasteiger partial charge in [-0.1, -0.05) is 30.3 Å². The first-order valence-electron chi connectivity index (χ1n) is 8.12. The molecule has 0 heterocycles. The number of esters is 1. The van der Waals surface area contributed by atoms with E-state index in [-0.39, 0.29) is 29.2 Å². The summed E-state index contributed by atoms with van der Waals surface area (Å²) in [6, 6.07) is 15.4. The average Bonchev–Trinajstić information content (AvgIpc) is 2.68. The molecule has 0 radical (unpaired) electrons. The summed E-state index contributed by atoms with van der Waals surface area (Å²) in [7, 11) is -3.75. The van der Waals surface area contributed by atoms with Crippen molar-refractivity contribution in [2.24, 2.45) is 0 Å². The smallest absolute Gasteiger partial charge is 0.338 e. The van der Waals surface area contributed by atoms with Crippen molar-refractivity contribution in [2.75, 3.05) is 6.54 Å². The fraction of sp³-hybridized carbons (Fsp3) is 0.211. The molecule has 27 heavy (non-hydrogen) atoms. The minimum absolute atomic E-state index is 0.00172. The maximum Gasteiger partial charge on any atom is 0.338 e. The molecule has 7 nitrogen and oxygen atoms in total. The quantitative estimate of drug-likeness (QED) is 0.423. The van der Waals surface area contributed by atoms with Crippen LogP contribution < -0.4 is 4.72 Å². The Balaban J connectivity index is 2.03. The minimum atomic E-state index is -3.75. The molecule has 0 fully saturated rings. The highest BCUT2D eigenvalue weighted by molar-refractivity contribution is 7.89. The molecule has 0 bridgehead atoms. The Morgan fingerprint density at radius 1 is 1.07 bits per heavy atom. The molecule has 8 heteroatoms. The number of nitrogens with zero attached hydrogens (tertiary/aromatic N) is 1. The van der Waals surface area contributed by atoms with Gasteiger partial charge in [-0.2, -0.15) is 5.26 Å². The maximum absolute atomic E-state index is 12.2. The van der Waals surface area contributed by atoms with E-state index < -0.39 is 22.1 Å². The maximum atomic E-state index is 12.2. The van der Waals surface area contributed by atoms with E-state index in [1.807, 2.05) is 6.07 Å². The lowest BCUT2D eigenvalue weighted by Gasteiger charge is -2.12. The fourth-order valence-corrected chi connectivity index (χ4v) is 3.25. The standard InChI is InChI=1S/C19H18N2O5S/c1-14(18(22)15-6-3-2-4-7-15)26-19(23)16-8-10-17(11-9-16)27(24,25)21-13-5-12-20/h2-4,6-11,14,21H,5,13H2,1H3/t14-/m1/s1. The largest absolute Gasteiger partial charge is 0.451 e. The number of ketones is 1. The van der Waals surface area contributed by atoms with Crippen LogP contribution in [0.3, 0.4) is 0 Å². The number of nitrogens with one attached hydrogen (secondary N) is 1. The molecule has 1 atom stereocenters. The number of sulfonamides is 1. The van der Waals surface area contributed by atoms with E-state index in [1.54, 1.807) is 30.3 Å². The summed E-state index contributed by atoms with van der Waals surface area (Å²) in [4.78, 5) is 24.4. The van der Waals surface area contributed by atoms with Gasteiger partial charge in [-0.3, -0.25) is 4.79 Å². The summed E-state index contributed by atoms with van der Waals surface area (Å²) < 4.78 is 31.5. The van der Waals surface area contributed by atoms with Crippen molar-refractivity contribution in [3.63, 3.8) is 0 Å². The average molecular weight is 386 g/mol. The van der Waals surface area contributed by atoms with Gasteiger partial charge in [-0.05, 0) is 31.2 Å². The molecular weight excluding hydrogens is 368 g/mol. The van der Waals surface area contributed by atoms with Crippen LogP contribution in [0.2, 0.25) is 0 Å². The summed E-state index contributed by atoms with van der Waals surface area (Å²) in [5, 5.41) is 8.45. The van der Waals surface area contributed by atoms with Crippen molar-refractivity contribution in [1.82, 2.24) is 4.72 Å². The number of Topliss-reactive ketones (excluding diaryl/α,β-unsaturated/α-hetero) is 1. The molecule has 2 aromatic carbocycles. The molecule has 0 saturated heterocycles. The molecular formula is C19H18N2O5S. The Bertz CT molecular complexity index is 948. The highest BCUT2D eigenvalue weighted by atomic mass is 32.2. The number of carbonyl (C=O) groups is 2. The molecule has 0 amide bonds. The first-order chi connectivity index (χ1) is 12.8. The molecule has 2 rings (SSSR count). The third-order valence-corrected chi connectivity index (χ3v) is 5.12. The Kier molecular flexibility index (Phi) is 6.82. The van der Waals surface area contributed by atoms with E-state index in [4.69, 9.17) is 10.00 Å². The van der Waals surface area contributed by atoms with Crippen LogP contribution in [0, 0.1) is 11.3 Å². The van der Waals surface area contributed by atoms with Crippen molar-refractivity contribution in [3.8, 4) is 6.07 Å². The zero-order valence-electron chi connectivity index (χ0n) is 14.6. The second-order valence-corrected chi connectivity index (χ2v) is 7.38. The van der Waals surface area contributed by atoms with Gasteiger partial charge in [0, 0.05) is 18.5 Å². The van der Waals surface area contributed by atoms with Crippen LogP contribution in [-0.2, 0) is 14.8 Å². The number of hydrogen-bond donors (Lipinski definition) is 1. The lowest BCUT2D eigenvalue weighted by atomic mass is 10.1. The van der Waals surface area contributed by atoms with Crippen LogP contribution in [0.1, 0.15) is 34.1 Å². The van der Waals surface area contributed by atoms with E-state index in [0.717, 1.165) is 0 Å². The molecule has 0 aliphatic heterocycles. The van der Waals surface area contributed by atoms with Gasteiger partial charge >= 0.3 is 5.97 Å². The van der Waals surface area contributed by atoms with Crippen molar-refractivity contribution in [2.45, 2.75) is 24.3 Å². The Labute approximate surface area is 157 Å². The third-order valence-electron chi connectivity index (χ3n) is 3.64. The van der Waals surface area contributed by atoms with Crippen molar-refractivity contribution in [3.05, 3.63) is 65.7 Å². The van der Waals surface area contributed by atoms with E-state index >= 15 is 0 Å². The van der Waals surface area contributed by atoms with E-state index in [0.29, 0.717) is 5.56 Å². The van der Waals surface area contributed by atoms with E-state index in [9.17, 15) is 18.0 Å². The monoisotopic (exact) mass is 386 g/mol. The van der Waals surface area contributed by atoms with Gasteiger partial charge in [0.05, 0.1) is 16.5 Å². The Hall–Kier alpha value is -3.02. The zero-order chi connectivity index (χ0) is 19.9. The number of ether oxygens (including phenoxy) is 1. The molecule has 0 aromatic heterocycles. The van der Waals surface area contributed by atoms with Gasteiger partial charge in [0.15, 0.2) is 6.10 Å². The summed E-state index contributed by atoms with van der Waals surface area (Å²) in [6.07, 6.45) is -0.923. The van der Waals surface area contributed by atoms with Crippen LogP contribution >= 0.6 is 0 Å². The van der Waals surface area contributed by atoms with Gasteiger partial charge in [-0.25, -0.2) is 17.9 Å². The predicted molar refractivity (Wildman–Crippen MR) is 97.5 cm³/mol. The van der Waals surface area contributed by atoms with Crippen LogP contribution in [0.5, 0.6) is 0 Å². The van der Waals surface area contributed by atoms with Crippen LogP contribution in [0.4, 0.5) is 0 Å². The van der Waals surface area contributed by atoms with Gasteiger partial charge in [0.2, 0.25) is 15.8 Å². The number of nitriles is 1. The number of hydrogen-bond acceptors (Lipinski definition) is 6. The van der Waals surface area contributed by atoms with Gasteiger partial charge in [0.1, 0.15) is 0 Å². The minimum Gasteiger partial charge on any atom is -0.451 e. The van der Waals surface area contributed by atoms with Crippen LogP contribution in [0.15, 0.2) is 59.5 Å². The molecule has 0 spiro atoms. The van der Waals surface area contributed by atoms with Gasteiger partial charge in [0.25, 0.3) is 0 Å². The second kappa shape index (κ2) is 9.07. The molecule has 0 saturated carbocycles.